The quantitative estimate of drug-likeness (QED) is 0.898. The number of nitrogens with one attached hydrogen (secondary N) is 1. The summed E-state index contributed by atoms with van der Waals surface area (Å²) in [5.74, 6) is 0. The van der Waals surface area contributed by atoms with Gasteiger partial charge in [0.15, 0.2) is 0 Å². The van der Waals surface area contributed by atoms with Crippen molar-refractivity contribution in [2.75, 3.05) is 20.1 Å². The summed E-state index contributed by atoms with van der Waals surface area (Å²) in [4.78, 5) is 7.08. The van der Waals surface area contributed by atoms with Gasteiger partial charge in [-0.3, -0.25) is 4.90 Å². The molecule has 1 aliphatic heterocycles. The lowest BCUT2D eigenvalue weighted by Gasteiger charge is -2.13. The largest absolute Gasteiger partial charge is 0.316 e. The third-order valence-corrected chi connectivity index (χ3v) is 4.01. The highest BCUT2D eigenvalue weighted by atomic mass is 35.5. The maximum atomic E-state index is 4.60. The van der Waals surface area contributed by atoms with Crippen molar-refractivity contribution < 1.29 is 0 Å². The molecule has 0 aromatic carbocycles. The number of thiazole rings is 1. The van der Waals surface area contributed by atoms with E-state index in [2.05, 4.69) is 27.5 Å². The lowest BCUT2D eigenvalue weighted by molar-refractivity contribution is 0.319. The van der Waals surface area contributed by atoms with Crippen LogP contribution in [0, 0.1) is 0 Å². The molecule has 1 fully saturated rings. The van der Waals surface area contributed by atoms with E-state index in [4.69, 9.17) is 0 Å². The lowest BCUT2D eigenvalue weighted by Crippen LogP contribution is -2.29. The Morgan fingerprint density at radius 1 is 1.62 bits per heavy atom. The van der Waals surface area contributed by atoms with Crippen LogP contribution in [0.1, 0.15) is 24.0 Å². The summed E-state index contributed by atoms with van der Waals surface area (Å²) in [5.41, 5.74) is 1.24. The molecule has 2 heterocycles. The fraction of sp³-hybridized carbons (Fsp3) is 0.727. The van der Waals surface area contributed by atoms with Gasteiger partial charge in [0, 0.05) is 31.1 Å². The van der Waals surface area contributed by atoms with Gasteiger partial charge in [0.25, 0.3) is 0 Å². The first-order chi connectivity index (χ1) is 7.31. The van der Waals surface area contributed by atoms with Crippen LogP contribution in [0.25, 0.3) is 0 Å². The lowest BCUT2D eigenvalue weighted by atomic mass is 10.3. The van der Waals surface area contributed by atoms with Gasteiger partial charge in [-0.15, -0.1) is 23.7 Å². The summed E-state index contributed by atoms with van der Waals surface area (Å²) in [6.07, 6.45) is 2.32. The maximum Gasteiger partial charge on any atom is 0.0926 e. The Hall–Kier alpha value is -0.160. The topological polar surface area (TPSA) is 28.2 Å². The highest BCUT2D eigenvalue weighted by molar-refractivity contribution is 7.09. The molecule has 0 spiro atoms. The summed E-state index contributed by atoms with van der Waals surface area (Å²) in [6.45, 7) is 5.55. The van der Waals surface area contributed by atoms with Crippen LogP contribution in [-0.2, 0) is 13.0 Å². The van der Waals surface area contributed by atoms with Crippen molar-refractivity contribution in [3.63, 3.8) is 0 Å². The first-order valence-corrected chi connectivity index (χ1v) is 6.52. The molecular weight excluding hydrogens is 242 g/mol. The molecular formula is C11H20ClN3S. The Labute approximate surface area is 108 Å². The van der Waals surface area contributed by atoms with E-state index in [1.54, 1.807) is 11.3 Å². The molecule has 1 aliphatic rings. The van der Waals surface area contributed by atoms with Crippen LogP contribution in [0.15, 0.2) is 5.38 Å². The Kier molecular flexibility index (Phi) is 5.69. The molecule has 0 aliphatic carbocycles. The summed E-state index contributed by atoms with van der Waals surface area (Å²) in [7, 11) is 2.05. The van der Waals surface area contributed by atoms with Gasteiger partial charge < -0.3 is 5.32 Å². The van der Waals surface area contributed by atoms with Crippen molar-refractivity contribution in [2.24, 2.45) is 0 Å². The number of aryl methyl sites for hydroxylation is 1. The number of aromatic nitrogens is 1. The van der Waals surface area contributed by atoms with Gasteiger partial charge in [0.2, 0.25) is 0 Å². The second-order valence-corrected chi connectivity index (χ2v) is 5.04. The monoisotopic (exact) mass is 261 g/mol. The maximum absolute atomic E-state index is 4.60. The van der Waals surface area contributed by atoms with Crippen LogP contribution in [0.4, 0.5) is 0 Å². The molecule has 0 saturated carbocycles. The molecule has 1 N–H and O–H groups in total. The van der Waals surface area contributed by atoms with E-state index in [1.807, 2.05) is 7.05 Å². The van der Waals surface area contributed by atoms with Gasteiger partial charge in [-0.1, -0.05) is 6.92 Å². The van der Waals surface area contributed by atoms with Crippen LogP contribution in [0.2, 0.25) is 0 Å². The zero-order valence-electron chi connectivity index (χ0n) is 9.90. The standard InChI is InChI=1S/C11H19N3S.ClH/c1-3-11-13-10(8-15-11)7-14-5-4-9(6-14)12-2;/h8-9,12H,3-7H2,1-2H3;1H. The number of likely N-dealkylation sites (tertiary alicyclic amines) is 1. The number of hydrogen-bond acceptors (Lipinski definition) is 4. The van der Waals surface area contributed by atoms with E-state index in [0.717, 1.165) is 19.5 Å². The Balaban J connectivity index is 0.00000128. The highest BCUT2D eigenvalue weighted by Crippen LogP contribution is 2.15. The van der Waals surface area contributed by atoms with E-state index in [1.165, 1.54) is 23.7 Å². The number of hydrogen-bond donors (Lipinski definition) is 1. The van der Waals surface area contributed by atoms with Crippen molar-refractivity contribution in [1.29, 1.82) is 0 Å². The first-order valence-electron chi connectivity index (χ1n) is 5.64. The Morgan fingerprint density at radius 2 is 2.44 bits per heavy atom. The molecule has 0 bridgehead atoms. The van der Waals surface area contributed by atoms with Gasteiger partial charge >= 0.3 is 0 Å². The van der Waals surface area contributed by atoms with Crippen molar-refractivity contribution in [2.45, 2.75) is 32.4 Å². The molecule has 16 heavy (non-hydrogen) atoms. The van der Waals surface area contributed by atoms with E-state index in [0.29, 0.717) is 6.04 Å². The normalized spacial score (nSPS) is 21.0. The van der Waals surface area contributed by atoms with Gasteiger partial charge in [-0.25, -0.2) is 4.98 Å². The van der Waals surface area contributed by atoms with Gasteiger partial charge in [-0.2, -0.15) is 0 Å². The highest BCUT2D eigenvalue weighted by Gasteiger charge is 2.21. The smallest absolute Gasteiger partial charge is 0.0926 e. The molecule has 1 aromatic heterocycles. The molecule has 5 heteroatoms. The van der Waals surface area contributed by atoms with Gasteiger partial charge in [-0.05, 0) is 19.9 Å². The van der Waals surface area contributed by atoms with E-state index >= 15 is 0 Å². The van der Waals surface area contributed by atoms with E-state index in [9.17, 15) is 0 Å². The van der Waals surface area contributed by atoms with Crippen LogP contribution in [0.3, 0.4) is 0 Å². The predicted molar refractivity (Wildman–Crippen MR) is 71.5 cm³/mol. The summed E-state index contributed by atoms with van der Waals surface area (Å²) in [6, 6.07) is 0.675. The van der Waals surface area contributed by atoms with E-state index < -0.39 is 0 Å². The fourth-order valence-corrected chi connectivity index (χ4v) is 2.76. The second-order valence-electron chi connectivity index (χ2n) is 4.10. The Bertz CT molecular complexity index is 316. The van der Waals surface area contributed by atoms with Gasteiger partial charge in [0.1, 0.15) is 0 Å². The van der Waals surface area contributed by atoms with Crippen molar-refractivity contribution >= 4 is 23.7 Å². The van der Waals surface area contributed by atoms with Crippen LogP contribution in [-0.4, -0.2) is 36.1 Å². The van der Waals surface area contributed by atoms with Gasteiger partial charge in [0.05, 0.1) is 10.7 Å². The number of nitrogens with zero attached hydrogens (tertiary/aromatic N) is 2. The summed E-state index contributed by atoms with van der Waals surface area (Å²) in [5, 5.41) is 6.80. The number of rotatable bonds is 4. The zero-order valence-corrected chi connectivity index (χ0v) is 11.5. The molecule has 0 amide bonds. The average Bonchev–Trinajstić information content (AvgIpc) is 2.87. The minimum Gasteiger partial charge on any atom is -0.316 e. The molecule has 1 aromatic rings. The SMILES string of the molecule is CCc1nc(CN2CCC(NC)C2)cs1.Cl. The minimum atomic E-state index is 0. The predicted octanol–water partition coefficient (Wildman–Crippen LogP) is 1.92. The zero-order chi connectivity index (χ0) is 10.7. The minimum absolute atomic E-state index is 0. The number of likely N-dealkylation sites (N-methyl/N-ethyl adjacent to an activating group) is 1. The molecule has 1 saturated heterocycles. The number of halogens is 1. The molecule has 92 valence electrons. The van der Waals surface area contributed by atoms with Crippen molar-refractivity contribution in [3.05, 3.63) is 16.1 Å². The Morgan fingerprint density at radius 3 is 3.00 bits per heavy atom. The first kappa shape index (κ1) is 13.9. The van der Waals surface area contributed by atoms with Crippen molar-refractivity contribution in [3.8, 4) is 0 Å². The molecule has 0 radical (unpaired) electrons. The molecule has 1 unspecified atom stereocenters. The molecule has 2 rings (SSSR count). The summed E-state index contributed by atoms with van der Waals surface area (Å²) >= 11 is 1.79. The average molecular weight is 262 g/mol. The fourth-order valence-electron chi connectivity index (χ4n) is 2.02. The molecule has 3 nitrogen and oxygen atoms in total. The van der Waals surface area contributed by atoms with E-state index in [-0.39, 0.29) is 12.4 Å². The second kappa shape index (κ2) is 6.55. The van der Waals surface area contributed by atoms with Crippen molar-refractivity contribution in [1.82, 2.24) is 15.2 Å². The molecule has 1 atom stereocenters. The van der Waals surface area contributed by atoms with Crippen LogP contribution < -0.4 is 5.32 Å². The van der Waals surface area contributed by atoms with Crippen LogP contribution >= 0.6 is 23.7 Å². The third kappa shape index (κ3) is 3.42. The third-order valence-electron chi connectivity index (χ3n) is 2.97. The van der Waals surface area contributed by atoms with Crippen LogP contribution in [0.5, 0.6) is 0 Å². The summed E-state index contributed by atoms with van der Waals surface area (Å²) < 4.78 is 0.